The van der Waals surface area contributed by atoms with Crippen molar-refractivity contribution in [2.45, 2.75) is 19.5 Å². The van der Waals surface area contributed by atoms with Gasteiger partial charge >= 0.3 is 0 Å². The lowest BCUT2D eigenvalue weighted by Gasteiger charge is -2.35. The first kappa shape index (κ1) is 31.9. The molecule has 9 heteroatoms. The summed E-state index contributed by atoms with van der Waals surface area (Å²) in [4.78, 5) is 30.2. The van der Waals surface area contributed by atoms with Crippen LogP contribution in [0.15, 0.2) is 84.9 Å². The molecule has 1 N–H and O–H groups in total. The van der Waals surface area contributed by atoms with Crippen molar-refractivity contribution >= 4 is 23.4 Å². The van der Waals surface area contributed by atoms with Crippen LogP contribution < -0.4 is 19.5 Å². The van der Waals surface area contributed by atoms with Crippen LogP contribution in [0.3, 0.4) is 0 Å². The van der Waals surface area contributed by atoms with Gasteiger partial charge in [-0.05, 0) is 52.6 Å². The molecule has 5 rings (SSSR count). The standard InChI is InChI=1S/C36H38ClN3O5/c1-43-32-20-26(21-33(44-2)35(32)45-3)22-34(41)38-23-25-12-14-27(15-13-25)36(42)40-18-16-39(17-19-40)24-28-8-4-5-9-29(28)30-10-6-7-11-31(30)37/h4-15,20-21H,16-19,22-24H2,1-3H3,(H,38,41). The molecule has 0 aliphatic carbocycles. The zero-order valence-corrected chi connectivity index (χ0v) is 26.6. The minimum atomic E-state index is -0.142. The Labute approximate surface area is 269 Å². The number of nitrogens with one attached hydrogen (secondary N) is 1. The smallest absolute Gasteiger partial charge is 0.253 e. The third kappa shape index (κ3) is 7.77. The second-order valence-corrected chi connectivity index (χ2v) is 11.3. The highest BCUT2D eigenvalue weighted by molar-refractivity contribution is 6.33. The molecule has 234 valence electrons. The molecular formula is C36H38ClN3O5. The molecule has 0 spiro atoms. The van der Waals surface area contributed by atoms with Crippen molar-refractivity contribution in [2.24, 2.45) is 0 Å². The maximum atomic E-state index is 13.3. The summed E-state index contributed by atoms with van der Waals surface area (Å²) in [7, 11) is 4.62. The Hall–Kier alpha value is -4.53. The number of rotatable bonds is 11. The minimum absolute atomic E-state index is 0.0177. The Morgan fingerprint density at radius 1 is 0.756 bits per heavy atom. The molecule has 0 unspecified atom stereocenters. The normalized spacial score (nSPS) is 13.3. The molecule has 1 fully saturated rings. The third-order valence-electron chi connectivity index (χ3n) is 8.01. The van der Waals surface area contributed by atoms with Gasteiger partial charge in [0, 0.05) is 55.4 Å². The molecule has 1 aliphatic rings. The number of methoxy groups -OCH3 is 3. The Kier molecular flexibility index (Phi) is 10.6. The van der Waals surface area contributed by atoms with Crippen LogP contribution in [-0.2, 0) is 24.3 Å². The summed E-state index contributed by atoms with van der Waals surface area (Å²) in [6.07, 6.45) is 0.158. The number of carbonyl (C=O) groups is 2. The summed E-state index contributed by atoms with van der Waals surface area (Å²) in [5.74, 6) is 1.36. The molecule has 0 bridgehead atoms. The predicted molar refractivity (Wildman–Crippen MR) is 176 cm³/mol. The number of hydrogen-bond donors (Lipinski definition) is 1. The van der Waals surface area contributed by atoms with E-state index in [4.69, 9.17) is 25.8 Å². The van der Waals surface area contributed by atoms with Crippen LogP contribution >= 0.6 is 11.6 Å². The summed E-state index contributed by atoms with van der Waals surface area (Å²) < 4.78 is 16.1. The number of hydrogen-bond acceptors (Lipinski definition) is 6. The number of benzene rings is 4. The largest absolute Gasteiger partial charge is 0.493 e. The first-order chi connectivity index (χ1) is 21.9. The lowest BCUT2D eigenvalue weighted by molar-refractivity contribution is -0.120. The molecular weight excluding hydrogens is 590 g/mol. The number of carbonyl (C=O) groups excluding carboxylic acids is 2. The second kappa shape index (κ2) is 15.0. The molecule has 45 heavy (non-hydrogen) atoms. The molecule has 8 nitrogen and oxygen atoms in total. The fourth-order valence-electron chi connectivity index (χ4n) is 5.58. The molecule has 4 aromatic rings. The van der Waals surface area contributed by atoms with Gasteiger partial charge in [-0.1, -0.05) is 66.2 Å². The number of halogens is 1. The van der Waals surface area contributed by atoms with E-state index in [0.29, 0.717) is 42.4 Å². The van der Waals surface area contributed by atoms with Gasteiger partial charge in [0.25, 0.3) is 5.91 Å². The molecule has 0 aromatic heterocycles. The van der Waals surface area contributed by atoms with Gasteiger partial charge in [0.15, 0.2) is 11.5 Å². The van der Waals surface area contributed by atoms with E-state index in [0.717, 1.165) is 46.9 Å². The van der Waals surface area contributed by atoms with Crippen LogP contribution in [0.2, 0.25) is 5.02 Å². The van der Waals surface area contributed by atoms with Crippen molar-refractivity contribution in [1.82, 2.24) is 15.1 Å². The summed E-state index contributed by atoms with van der Waals surface area (Å²) in [6, 6.07) is 27.2. The van der Waals surface area contributed by atoms with Crippen LogP contribution in [0.25, 0.3) is 11.1 Å². The van der Waals surface area contributed by atoms with Crippen molar-refractivity contribution < 1.29 is 23.8 Å². The van der Waals surface area contributed by atoms with E-state index >= 15 is 0 Å². The molecule has 4 aromatic carbocycles. The fraction of sp³-hybridized carbons (Fsp3) is 0.278. The van der Waals surface area contributed by atoms with Crippen LogP contribution in [0.4, 0.5) is 0 Å². The average molecular weight is 628 g/mol. The summed E-state index contributed by atoms with van der Waals surface area (Å²) in [5, 5.41) is 3.69. The van der Waals surface area contributed by atoms with Gasteiger partial charge < -0.3 is 24.4 Å². The van der Waals surface area contributed by atoms with E-state index in [1.54, 1.807) is 26.4 Å². The van der Waals surface area contributed by atoms with Crippen molar-refractivity contribution in [1.29, 1.82) is 0 Å². The highest BCUT2D eigenvalue weighted by atomic mass is 35.5. The van der Waals surface area contributed by atoms with Gasteiger partial charge in [-0.2, -0.15) is 0 Å². The highest BCUT2D eigenvalue weighted by Crippen LogP contribution is 2.38. The van der Waals surface area contributed by atoms with Gasteiger partial charge in [0.2, 0.25) is 11.7 Å². The zero-order valence-electron chi connectivity index (χ0n) is 25.8. The van der Waals surface area contributed by atoms with E-state index in [-0.39, 0.29) is 18.2 Å². The summed E-state index contributed by atoms with van der Waals surface area (Å²) in [5.41, 5.74) is 5.68. The van der Waals surface area contributed by atoms with Crippen LogP contribution in [0, 0.1) is 0 Å². The molecule has 1 heterocycles. The Bertz CT molecular complexity index is 1610. The minimum Gasteiger partial charge on any atom is -0.493 e. The number of amides is 2. The maximum absolute atomic E-state index is 13.3. The van der Waals surface area contributed by atoms with E-state index in [1.807, 2.05) is 53.4 Å². The van der Waals surface area contributed by atoms with E-state index < -0.39 is 0 Å². The maximum Gasteiger partial charge on any atom is 0.253 e. The molecule has 0 saturated carbocycles. The van der Waals surface area contributed by atoms with Gasteiger partial charge in [-0.25, -0.2) is 0 Å². The molecule has 1 saturated heterocycles. The lowest BCUT2D eigenvalue weighted by Crippen LogP contribution is -2.48. The lowest BCUT2D eigenvalue weighted by atomic mass is 9.99. The van der Waals surface area contributed by atoms with Crippen molar-refractivity contribution in [3.63, 3.8) is 0 Å². The Morgan fingerprint density at radius 2 is 1.38 bits per heavy atom. The number of piperazine rings is 1. The molecule has 2 amide bonds. The highest BCUT2D eigenvalue weighted by Gasteiger charge is 2.23. The van der Waals surface area contributed by atoms with Gasteiger partial charge in [0.1, 0.15) is 0 Å². The van der Waals surface area contributed by atoms with E-state index in [1.165, 1.54) is 12.7 Å². The third-order valence-corrected chi connectivity index (χ3v) is 8.34. The van der Waals surface area contributed by atoms with Gasteiger partial charge in [-0.15, -0.1) is 0 Å². The first-order valence-corrected chi connectivity index (χ1v) is 15.3. The first-order valence-electron chi connectivity index (χ1n) is 14.9. The predicted octanol–water partition coefficient (Wildman–Crippen LogP) is 5.85. The summed E-state index contributed by atoms with van der Waals surface area (Å²) >= 11 is 6.50. The zero-order chi connectivity index (χ0) is 31.8. The molecule has 0 radical (unpaired) electrons. The van der Waals surface area contributed by atoms with E-state index in [9.17, 15) is 9.59 Å². The number of nitrogens with zero attached hydrogens (tertiary/aromatic N) is 2. The van der Waals surface area contributed by atoms with Crippen LogP contribution in [0.5, 0.6) is 17.2 Å². The SMILES string of the molecule is COc1cc(CC(=O)NCc2ccc(C(=O)N3CCN(Cc4ccccc4-c4ccccc4Cl)CC3)cc2)cc(OC)c1OC. The average Bonchev–Trinajstić information content (AvgIpc) is 3.07. The second-order valence-electron chi connectivity index (χ2n) is 10.9. The van der Waals surface area contributed by atoms with E-state index in [2.05, 4.69) is 34.5 Å². The molecule has 1 aliphatic heterocycles. The Balaban J connectivity index is 1.12. The topological polar surface area (TPSA) is 80.3 Å². The van der Waals surface area contributed by atoms with Crippen LogP contribution in [-0.4, -0.2) is 69.1 Å². The summed E-state index contributed by atoms with van der Waals surface area (Å²) in [6.45, 7) is 4.05. The number of ether oxygens (including phenoxy) is 3. The van der Waals surface area contributed by atoms with Crippen molar-refractivity contribution in [3.05, 3.63) is 112 Å². The quantitative estimate of drug-likeness (QED) is 0.225. The monoisotopic (exact) mass is 627 g/mol. The van der Waals surface area contributed by atoms with Crippen molar-refractivity contribution in [2.75, 3.05) is 47.5 Å². The Morgan fingerprint density at radius 3 is 2.00 bits per heavy atom. The van der Waals surface area contributed by atoms with Crippen molar-refractivity contribution in [3.8, 4) is 28.4 Å². The van der Waals surface area contributed by atoms with Gasteiger partial charge in [-0.3, -0.25) is 14.5 Å². The van der Waals surface area contributed by atoms with Gasteiger partial charge in [0.05, 0.1) is 27.8 Å². The molecule has 0 atom stereocenters. The van der Waals surface area contributed by atoms with Crippen LogP contribution in [0.1, 0.15) is 27.0 Å². The fourth-order valence-corrected chi connectivity index (χ4v) is 5.82.